The number of nitrogens with two attached hydrogens (primary N) is 1. The number of nitrogens with zero attached hydrogens (tertiary/aromatic N) is 2. The van der Waals surface area contributed by atoms with Crippen LogP contribution in [0.2, 0.25) is 0 Å². The molecule has 1 aliphatic heterocycles. The fourth-order valence-corrected chi connectivity index (χ4v) is 2.89. The van der Waals surface area contributed by atoms with Gasteiger partial charge in [0.15, 0.2) is 0 Å². The Labute approximate surface area is 125 Å². The number of rotatable bonds is 5. The minimum Gasteiger partial charge on any atom is -0.398 e. The lowest BCUT2D eigenvalue weighted by Gasteiger charge is -2.31. The van der Waals surface area contributed by atoms with Crippen molar-refractivity contribution in [3.8, 4) is 0 Å². The summed E-state index contributed by atoms with van der Waals surface area (Å²) in [6, 6.07) is 5.75. The van der Waals surface area contributed by atoms with E-state index < -0.39 is 0 Å². The minimum atomic E-state index is -0.277. The maximum Gasteiger partial charge on any atom is 0.263 e. The molecule has 2 amide bonds. The maximum absolute atomic E-state index is 12.4. The summed E-state index contributed by atoms with van der Waals surface area (Å²) in [6.45, 7) is 9.50. The van der Waals surface area contributed by atoms with Gasteiger partial charge in [0.1, 0.15) is 0 Å². The lowest BCUT2D eigenvalue weighted by molar-refractivity contribution is 0.0614. The van der Waals surface area contributed by atoms with Gasteiger partial charge in [-0.3, -0.25) is 19.4 Å². The minimum absolute atomic E-state index is 0.241. The Morgan fingerprint density at radius 3 is 2.24 bits per heavy atom. The monoisotopic (exact) mass is 289 g/mol. The zero-order chi connectivity index (χ0) is 15.7. The molecule has 0 aromatic heterocycles. The first-order valence-electron chi connectivity index (χ1n) is 7.35. The van der Waals surface area contributed by atoms with Crippen LogP contribution in [-0.4, -0.2) is 46.8 Å². The molecule has 21 heavy (non-hydrogen) atoms. The van der Waals surface area contributed by atoms with E-state index in [1.165, 1.54) is 4.90 Å². The van der Waals surface area contributed by atoms with Crippen molar-refractivity contribution in [2.24, 2.45) is 0 Å². The number of carbonyl (C=O) groups is 2. The van der Waals surface area contributed by atoms with E-state index >= 15 is 0 Å². The molecule has 1 heterocycles. The van der Waals surface area contributed by atoms with Crippen molar-refractivity contribution >= 4 is 17.5 Å². The maximum atomic E-state index is 12.4. The zero-order valence-electron chi connectivity index (χ0n) is 13.1. The van der Waals surface area contributed by atoms with Crippen molar-refractivity contribution in [2.45, 2.75) is 39.8 Å². The highest BCUT2D eigenvalue weighted by Gasteiger charge is 2.37. The Morgan fingerprint density at radius 2 is 1.71 bits per heavy atom. The SMILES string of the molecule is CC(C)N(CCN1C(=O)c2cccc(N)c2C1=O)C(C)C. The van der Waals surface area contributed by atoms with Gasteiger partial charge in [-0.2, -0.15) is 0 Å². The van der Waals surface area contributed by atoms with E-state index in [9.17, 15) is 9.59 Å². The molecule has 2 N–H and O–H groups in total. The standard InChI is InChI=1S/C16H23N3O2/c1-10(2)18(11(3)4)8-9-19-15(20)12-6-5-7-13(17)14(12)16(19)21/h5-7,10-11H,8-9,17H2,1-4H3. The first-order valence-corrected chi connectivity index (χ1v) is 7.35. The normalized spacial score (nSPS) is 14.7. The number of amides is 2. The first-order chi connectivity index (χ1) is 9.84. The zero-order valence-corrected chi connectivity index (χ0v) is 13.1. The van der Waals surface area contributed by atoms with Crippen LogP contribution in [-0.2, 0) is 0 Å². The Hall–Kier alpha value is -1.88. The van der Waals surface area contributed by atoms with Gasteiger partial charge in [0, 0.05) is 30.9 Å². The quantitative estimate of drug-likeness (QED) is 0.665. The Bertz CT molecular complexity index is 559. The number of fused-ring (bicyclic) bond motifs is 1. The van der Waals surface area contributed by atoms with Crippen LogP contribution in [0.25, 0.3) is 0 Å². The fourth-order valence-electron chi connectivity index (χ4n) is 2.89. The lowest BCUT2D eigenvalue weighted by atomic mass is 10.1. The molecule has 0 spiro atoms. The molecule has 1 aromatic carbocycles. The Balaban J connectivity index is 2.15. The molecule has 5 nitrogen and oxygen atoms in total. The summed E-state index contributed by atoms with van der Waals surface area (Å²) >= 11 is 0. The van der Waals surface area contributed by atoms with Crippen molar-refractivity contribution in [3.63, 3.8) is 0 Å². The second-order valence-corrected chi connectivity index (χ2v) is 5.96. The van der Waals surface area contributed by atoms with Crippen LogP contribution in [0.15, 0.2) is 18.2 Å². The average Bonchev–Trinajstić information content (AvgIpc) is 2.64. The molecule has 0 atom stereocenters. The van der Waals surface area contributed by atoms with E-state index in [0.29, 0.717) is 42.0 Å². The molecule has 0 saturated carbocycles. The summed E-state index contributed by atoms with van der Waals surface area (Å²) in [5.41, 5.74) is 6.97. The van der Waals surface area contributed by atoms with Crippen LogP contribution in [0.3, 0.4) is 0 Å². The van der Waals surface area contributed by atoms with Gasteiger partial charge in [-0.05, 0) is 39.8 Å². The molecule has 0 radical (unpaired) electrons. The number of anilines is 1. The fraction of sp³-hybridized carbons (Fsp3) is 0.500. The average molecular weight is 289 g/mol. The highest BCUT2D eigenvalue weighted by atomic mass is 16.2. The molecule has 2 rings (SSSR count). The molecule has 1 aliphatic rings. The van der Waals surface area contributed by atoms with Crippen molar-refractivity contribution in [1.82, 2.24) is 9.80 Å². The van der Waals surface area contributed by atoms with E-state index in [-0.39, 0.29) is 11.8 Å². The Morgan fingerprint density at radius 1 is 1.10 bits per heavy atom. The first kappa shape index (κ1) is 15.5. The third kappa shape index (κ3) is 2.78. The second kappa shape index (κ2) is 5.85. The predicted molar refractivity (Wildman–Crippen MR) is 83.2 cm³/mol. The van der Waals surface area contributed by atoms with Gasteiger partial charge in [0.05, 0.1) is 11.1 Å². The summed E-state index contributed by atoms with van der Waals surface area (Å²) in [5, 5.41) is 0. The number of hydrogen-bond donors (Lipinski definition) is 1. The molecule has 5 heteroatoms. The van der Waals surface area contributed by atoms with Crippen LogP contribution in [0, 0.1) is 0 Å². The summed E-state index contributed by atoms with van der Waals surface area (Å²) in [4.78, 5) is 28.3. The van der Waals surface area contributed by atoms with Crippen molar-refractivity contribution in [2.75, 3.05) is 18.8 Å². The molecule has 1 aromatic rings. The molecule has 0 bridgehead atoms. The summed E-state index contributed by atoms with van der Waals surface area (Å²) < 4.78 is 0. The number of hydrogen-bond acceptors (Lipinski definition) is 4. The molecular formula is C16H23N3O2. The van der Waals surface area contributed by atoms with E-state index in [4.69, 9.17) is 5.73 Å². The number of imide groups is 1. The van der Waals surface area contributed by atoms with Gasteiger partial charge in [-0.25, -0.2) is 0 Å². The molecule has 0 unspecified atom stereocenters. The molecule has 114 valence electrons. The van der Waals surface area contributed by atoms with Gasteiger partial charge in [0.25, 0.3) is 11.8 Å². The van der Waals surface area contributed by atoms with Gasteiger partial charge in [-0.15, -0.1) is 0 Å². The lowest BCUT2D eigenvalue weighted by Crippen LogP contribution is -2.44. The van der Waals surface area contributed by atoms with Crippen molar-refractivity contribution in [1.29, 1.82) is 0 Å². The third-order valence-corrected chi connectivity index (χ3v) is 3.94. The highest BCUT2D eigenvalue weighted by Crippen LogP contribution is 2.27. The van der Waals surface area contributed by atoms with Crippen molar-refractivity contribution < 1.29 is 9.59 Å². The van der Waals surface area contributed by atoms with Gasteiger partial charge >= 0.3 is 0 Å². The van der Waals surface area contributed by atoms with Crippen LogP contribution in [0.4, 0.5) is 5.69 Å². The van der Waals surface area contributed by atoms with E-state index in [2.05, 4.69) is 32.6 Å². The number of carbonyl (C=O) groups excluding carboxylic acids is 2. The van der Waals surface area contributed by atoms with Gasteiger partial charge in [0.2, 0.25) is 0 Å². The smallest absolute Gasteiger partial charge is 0.263 e. The second-order valence-electron chi connectivity index (χ2n) is 5.96. The van der Waals surface area contributed by atoms with Crippen LogP contribution in [0.5, 0.6) is 0 Å². The molecule has 0 fully saturated rings. The van der Waals surface area contributed by atoms with E-state index in [0.717, 1.165) is 0 Å². The van der Waals surface area contributed by atoms with E-state index in [1.54, 1.807) is 18.2 Å². The largest absolute Gasteiger partial charge is 0.398 e. The van der Waals surface area contributed by atoms with Crippen LogP contribution in [0.1, 0.15) is 48.4 Å². The summed E-state index contributed by atoms with van der Waals surface area (Å²) in [7, 11) is 0. The van der Waals surface area contributed by atoms with Gasteiger partial charge in [-0.1, -0.05) is 6.07 Å². The topological polar surface area (TPSA) is 66.6 Å². The van der Waals surface area contributed by atoms with Gasteiger partial charge < -0.3 is 5.73 Å². The molecule has 0 aliphatic carbocycles. The third-order valence-electron chi connectivity index (χ3n) is 3.94. The summed E-state index contributed by atoms with van der Waals surface area (Å²) in [5.74, 6) is -0.518. The Kier molecular flexibility index (Phi) is 4.32. The molecular weight excluding hydrogens is 266 g/mol. The van der Waals surface area contributed by atoms with Crippen LogP contribution >= 0.6 is 0 Å². The number of benzene rings is 1. The predicted octanol–water partition coefficient (Wildman–Crippen LogP) is 1.98. The van der Waals surface area contributed by atoms with E-state index in [1.807, 2.05) is 0 Å². The summed E-state index contributed by atoms with van der Waals surface area (Å²) in [6.07, 6.45) is 0. The van der Waals surface area contributed by atoms with Crippen LogP contribution < -0.4 is 5.73 Å². The highest BCUT2D eigenvalue weighted by molar-refractivity contribution is 6.23. The van der Waals surface area contributed by atoms with Crippen molar-refractivity contribution in [3.05, 3.63) is 29.3 Å². The molecule has 0 saturated heterocycles. The number of nitrogen functional groups attached to an aromatic ring is 1.